The fourth-order valence-corrected chi connectivity index (χ4v) is 3.09. The highest BCUT2D eigenvalue weighted by atomic mass is 14.7. The van der Waals surface area contributed by atoms with Crippen molar-refractivity contribution in [2.24, 2.45) is 0 Å². The largest absolute Gasteiger partial charge is 0.256 e. The predicted molar refractivity (Wildman–Crippen MR) is 108 cm³/mol. The van der Waals surface area contributed by atoms with Gasteiger partial charge < -0.3 is 0 Å². The van der Waals surface area contributed by atoms with Crippen LogP contribution in [0.2, 0.25) is 0 Å². The van der Waals surface area contributed by atoms with Crippen LogP contribution < -0.4 is 0 Å². The number of rotatable bonds is 3. The quantitative estimate of drug-likeness (QED) is 0.513. The molecule has 0 atom stereocenters. The van der Waals surface area contributed by atoms with E-state index in [1.807, 2.05) is 12.3 Å². The lowest BCUT2D eigenvalue weighted by Crippen LogP contribution is -2.10. The van der Waals surface area contributed by atoms with Gasteiger partial charge in [-0.3, -0.25) is 4.98 Å². The molecule has 0 radical (unpaired) electrons. The summed E-state index contributed by atoms with van der Waals surface area (Å²) in [6, 6.07) is 21.6. The van der Waals surface area contributed by atoms with E-state index in [-0.39, 0.29) is 5.41 Å². The van der Waals surface area contributed by atoms with E-state index in [2.05, 4.69) is 89.2 Å². The molecule has 0 fully saturated rings. The molecule has 0 aliphatic rings. The first-order valence-electron chi connectivity index (χ1n) is 9.02. The minimum absolute atomic E-state index is 0.173. The molecule has 3 aromatic rings. The van der Waals surface area contributed by atoms with Gasteiger partial charge in [-0.05, 0) is 39.7 Å². The van der Waals surface area contributed by atoms with Gasteiger partial charge in [-0.2, -0.15) is 0 Å². The first-order valence-corrected chi connectivity index (χ1v) is 9.02. The summed E-state index contributed by atoms with van der Waals surface area (Å²) in [7, 11) is 0. The maximum atomic E-state index is 4.71. The van der Waals surface area contributed by atoms with Crippen molar-refractivity contribution in [3.63, 3.8) is 0 Å². The van der Waals surface area contributed by atoms with Gasteiger partial charge in [0.25, 0.3) is 0 Å². The van der Waals surface area contributed by atoms with Crippen LogP contribution in [0.4, 0.5) is 0 Å². The molecule has 3 rings (SSSR count). The van der Waals surface area contributed by atoms with Crippen molar-refractivity contribution < 1.29 is 0 Å². The Bertz CT molecular complexity index is 838. The minimum Gasteiger partial charge on any atom is -0.256 e. The van der Waals surface area contributed by atoms with Gasteiger partial charge in [0.05, 0.1) is 5.69 Å². The zero-order valence-electron chi connectivity index (χ0n) is 15.9. The highest BCUT2D eigenvalue weighted by Gasteiger charge is 2.15. The van der Waals surface area contributed by atoms with Gasteiger partial charge >= 0.3 is 0 Å². The number of hydrogen-bond donors (Lipinski definition) is 0. The molecule has 0 aliphatic heterocycles. The van der Waals surface area contributed by atoms with Gasteiger partial charge in [0.2, 0.25) is 0 Å². The maximum absolute atomic E-state index is 4.71. The Labute approximate surface area is 151 Å². The van der Waals surface area contributed by atoms with E-state index in [0.717, 1.165) is 11.3 Å². The van der Waals surface area contributed by atoms with Crippen LogP contribution in [0.25, 0.3) is 22.4 Å². The smallest absolute Gasteiger partial charge is 0.0708 e. The van der Waals surface area contributed by atoms with Crippen molar-refractivity contribution in [1.82, 2.24) is 4.98 Å². The average molecular weight is 329 g/mol. The zero-order chi connectivity index (χ0) is 18.0. The highest BCUT2D eigenvalue weighted by Crippen LogP contribution is 2.33. The molecule has 0 saturated carbocycles. The van der Waals surface area contributed by atoms with Crippen LogP contribution in [0.5, 0.6) is 0 Å². The van der Waals surface area contributed by atoms with E-state index < -0.39 is 0 Å². The van der Waals surface area contributed by atoms with Gasteiger partial charge in [-0.1, -0.05) is 89.2 Å². The van der Waals surface area contributed by atoms with Crippen LogP contribution in [0, 0.1) is 0 Å². The van der Waals surface area contributed by atoms with E-state index in [1.165, 1.54) is 22.3 Å². The molecule has 128 valence electrons. The molecule has 0 saturated heterocycles. The lowest BCUT2D eigenvalue weighted by molar-refractivity contribution is 0.590. The standard InChI is InChI=1S/C24H27N/c1-17(2)22-16-25-23(19-9-7-6-8-10-19)15-21(22)18-11-13-20(14-12-18)24(3,4)5/h6-17H,1-5H3. The van der Waals surface area contributed by atoms with Crippen LogP contribution in [0.15, 0.2) is 66.9 Å². The summed E-state index contributed by atoms with van der Waals surface area (Å²) in [6.07, 6.45) is 2.04. The van der Waals surface area contributed by atoms with E-state index in [9.17, 15) is 0 Å². The second-order valence-electron chi connectivity index (χ2n) is 8.00. The molecule has 0 amide bonds. The average Bonchev–Trinajstić information content (AvgIpc) is 2.61. The van der Waals surface area contributed by atoms with Crippen LogP contribution >= 0.6 is 0 Å². The normalized spacial score (nSPS) is 11.8. The summed E-state index contributed by atoms with van der Waals surface area (Å²) < 4.78 is 0. The topological polar surface area (TPSA) is 12.9 Å². The Morgan fingerprint density at radius 1 is 0.800 bits per heavy atom. The summed E-state index contributed by atoms with van der Waals surface area (Å²) in [6.45, 7) is 11.2. The second kappa shape index (κ2) is 6.84. The third kappa shape index (κ3) is 3.82. The lowest BCUT2D eigenvalue weighted by Gasteiger charge is -2.20. The van der Waals surface area contributed by atoms with E-state index in [0.29, 0.717) is 5.92 Å². The first kappa shape index (κ1) is 17.4. The highest BCUT2D eigenvalue weighted by molar-refractivity contribution is 5.73. The van der Waals surface area contributed by atoms with Gasteiger partial charge in [0.1, 0.15) is 0 Å². The molecule has 1 heterocycles. The zero-order valence-corrected chi connectivity index (χ0v) is 15.9. The van der Waals surface area contributed by atoms with Crippen molar-refractivity contribution >= 4 is 0 Å². The van der Waals surface area contributed by atoms with Crippen LogP contribution in [0.1, 0.15) is 51.7 Å². The van der Waals surface area contributed by atoms with E-state index in [4.69, 9.17) is 4.98 Å². The molecule has 0 unspecified atom stereocenters. The third-order valence-electron chi connectivity index (χ3n) is 4.69. The molecule has 2 aromatic carbocycles. The molecule has 0 spiro atoms. The third-order valence-corrected chi connectivity index (χ3v) is 4.69. The molecule has 1 aromatic heterocycles. The Morgan fingerprint density at radius 2 is 1.44 bits per heavy atom. The number of hydrogen-bond acceptors (Lipinski definition) is 1. The Kier molecular flexibility index (Phi) is 4.76. The fourth-order valence-electron chi connectivity index (χ4n) is 3.09. The molecule has 1 heteroatoms. The predicted octanol–water partition coefficient (Wildman–Crippen LogP) is 6.84. The number of aromatic nitrogens is 1. The minimum atomic E-state index is 0.173. The lowest BCUT2D eigenvalue weighted by atomic mass is 9.85. The van der Waals surface area contributed by atoms with Gasteiger partial charge in [-0.25, -0.2) is 0 Å². The van der Waals surface area contributed by atoms with Crippen molar-refractivity contribution in [2.75, 3.05) is 0 Å². The molecular weight excluding hydrogens is 302 g/mol. The summed E-state index contributed by atoms with van der Waals surface area (Å²) in [5, 5.41) is 0. The summed E-state index contributed by atoms with van der Waals surface area (Å²) in [5.74, 6) is 0.439. The monoisotopic (exact) mass is 329 g/mol. The Morgan fingerprint density at radius 3 is 2.00 bits per heavy atom. The van der Waals surface area contributed by atoms with Crippen molar-refractivity contribution in [3.8, 4) is 22.4 Å². The number of benzene rings is 2. The van der Waals surface area contributed by atoms with Gasteiger partial charge in [-0.15, -0.1) is 0 Å². The van der Waals surface area contributed by atoms with Crippen LogP contribution in [-0.4, -0.2) is 4.98 Å². The summed E-state index contributed by atoms with van der Waals surface area (Å²) in [5.41, 5.74) is 7.56. The van der Waals surface area contributed by atoms with Gasteiger partial charge in [0, 0.05) is 11.8 Å². The Balaban J connectivity index is 2.10. The van der Waals surface area contributed by atoms with Crippen LogP contribution in [-0.2, 0) is 5.41 Å². The molecule has 1 nitrogen and oxygen atoms in total. The number of nitrogens with zero attached hydrogens (tertiary/aromatic N) is 1. The van der Waals surface area contributed by atoms with E-state index >= 15 is 0 Å². The second-order valence-corrected chi connectivity index (χ2v) is 8.00. The number of pyridine rings is 1. The van der Waals surface area contributed by atoms with Crippen molar-refractivity contribution in [2.45, 2.75) is 46.0 Å². The van der Waals surface area contributed by atoms with Crippen molar-refractivity contribution in [3.05, 3.63) is 78.0 Å². The summed E-state index contributed by atoms with van der Waals surface area (Å²) in [4.78, 5) is 4.71. The molecule has 25 heavy (non-hydrogen) atoms. The molecular formula is C24H27N. The molecule has 0 bridgehead atoms. The van der Waals surface area contributed by atoms with Crippen LogP contribution in [0.3, 0.4) is 0 Å². The SMILES string of the molecule is CC(C)c1cnc(-c2ccccc2)cc1-c1ccc(C(C)(C)C)cc1. The summed E-state index contributed by atoms with van der Waals surface area (Å²) >= 11 is 0. The molecule has 0 aliphatic carbocycles. The van der Waals surface area contributed by atoms with E-state index in [1.54, 1.807) is 0 Å². The maximum Gasteiger partial charge on any atom is 0.0708 e. The fraction of sp³-hybridized carbons (Fsp3) is 0.292. The molecule has 0 N–H and O–H groups in total. The van der Waals surface area contributed by atoms with Crippen molar-refractivity contribution in [1.29, 1.82) is 0 Å². The van der Waals surface area contributed by atoms with Gasteiger partial charge in [0.15, 0.2) is 0 Å². The first-order chi connectivity index (χ1) is 11.9. The Hall–Kier alpha value is -2.41.